The minimum Gasteiger partial charge on any atom is -0.381 e. The van der Waals surface area contributed by atoms with Crippen LogP contribution in [0.1, 0.15) is 30.4 Å². The van der Waals surface area contributed by atoms with E-state index >= 15 is 0 Å². The van der Waals surface area contributed by atoms with E-state index in [2.05, 4.69) is 52.1 Å². The Morgan fingerprint density at radius 3 is 2.44 bits per heavy atom. The van der Waals surface area contributed by atoms with Crippen molar-refractivity contribution in [3.63, 3.8) is 0 Å². The Bertz CT molecular complexity index is 431. The standard InChI is InChI=1S/C15H21BrN2/c1-10-7-12(16)8-11(2)15(10)17-13-5-6-18(9-13)14-3-4-14/h7-8,13-14,17H,3-6,9H2,1-2H3. The van der Waals surface area contributed by atoms with Gasteiger partial charge in [-0.1, -0.05) is 15.9 Å². The summed E-state index contributed by atoms with van der Waals surface area (Å²) in [5, 5.41) is 3.75. The number of anilines is 1. The van der Waals surface area contributed by atoms with E-state index in [0.717, 1.165) is 6.04 Å². The smallest absolute Gasteiger partial charge is 0.0402 e. The van der Waals surface area contributed by atoms with Crippen molar-refractivity contribution in [3.8, 4) is 0 Å². The summed E-state index contributed by atoms with van der Waals surface area (Å²) in [6.45, 7) is 6.87. The Balaban J connectivity index is 1.69. The third-order valence-corrected chi connectivity index (χ3v) is 4.59. The summed E-state index contributed by atoms with van der Waals surface area (Å²) in [6, 6.07) is 5.93. The van der Waals surface area contributed by atoms with Crippen molar-refractivity contribution in [1.82, 2.24) is 4.90 Å². The highest BCUT2D eigenvalue weighted by atomic mass is 79.9. The fourth-order valence-electron chi connectivity index (χ4n) is 3.02. The number of likely N-dealkylation sites (tertiary alicyclic amines) is 1. The molecule has 1 saturated carbocycles. The maximum Gasteiger partial charge on any atom is 0.0402 e. The summed E-state index contributed by atoms with van der Waals surface area (Å²) in [5.41, 5.74) is 4.01. The predicted molar refractivity (Wildman–Crippen MR) is 80.2 cm³/mol. The highest BCUT2D eigenvalue weighted by Crippen LogP contribution is 2.32. The van der Waals surface area contributed by atoms with Crippen molar-refractivity contribution >= 4 is 21.6 Å². The van der Waals surface area contributed by atoms with Crippen molar-refractivity contribution in [2.24, 2.45) is 0 Å². The van der Waals surface area contributed by atoms with Gasteiger partial charge in [-0.2, -0.15) is 0 Å². The van der Waals surface area contributed by atoms with E-state index in [1.807, 2.05) is 0 Å². The van der Waals surface area contributed by atoms with E-state index < -0.39 is 0 Å². The van der Waals surface area contributed by atoms with Crippen molar-refractivity contribution in [2.75, 3.05) is 18.4 Å². The lowest BCUT2D eigenvalue weighted by molar-refractivity contribution is 0.326. The highest BCUT2D eigenvalue weighted by molar-refractivity contribution is 9.10. The monoisotopic (exact) mass is 308 g/mol. The summed E-state index contributed by atoms with van der Waals surface area (Å²) in [6.07, 6.45) is 4.12. The first kappa shape index (κ1) is 12.5. The Morgan fingerprint density at radius 1 is 1.17 bits per heavy atom. The van der Waals surface area contributed by atoms with Gasteiger partial charge in [-0.3, -0.25) is 4.90 Å². The molecule has 1 heterocycles. The van der Waals surface area contributed by atoms with E-state index in [-0.39, 0.29) is 0 Å². The number of nitrogens with one attached hydrogen (secondary N) is 1. The molecule has 1 aliphatic heterocycles. The summed E-state index contributed by atoms with van der Waals surface area (Å²) in [4.78, 5) is 2.65. The van der Waals surface area contributed by atoms with Crippen molar-refractivity contribution in [2.45, 2.75) is 45.2 Å². The molecule has 3 heteroatoms. The molecule has 2 nitrogen and oxygen atoms in total. The molecule has 0 bridgehead atoms. The first-order chi connectivity index (χ1) is 8.63. The van der Waals surface area contributed by atoms with Gasteiger partial charge in [0.2, 0.25) is 0 Å². The van der Waals surface area contributed by atoms with Crippen LogP contribution in [0.2, 0.25) is 0 Å². The largest absolute Gasteiger partial charge is 0.381 e. The summed E-state index contributed by atoms with van der Waals surface area (Å²) in [5.74, 6) is 0. The maximum absolute atomic E-state index is 3.75. The van der Waals surface area contributed by atoms with E-state index in [1.54, 1.807) is 0 Å². The van der Waals surface area contributed by atoms with Gasteiger partial charge in [-0.05, 0) is 56.4 Å². The van der Waals surface area contributed by atoms with Crippen LogP contribution < -0.4 is 5.32 Å². The lowest BCUT2D eigenvalue weighted by Crippen LogP contribution is -2.28. The van der Waals surface area contributed by atoms with Gasteiger partial charge < -0.3 is 5.32 Å². The van der Waals surface area contributed by atoms with Crippen LogP contribution >= 0.6 is 15.9 Å². The average Bonchev–Trinajstić information content (AvgIpc) is 3.04. The van der Waals surface area contributed by atoms with Crippen LogP contribution in [0.4, 0.5) is 5.69 Å². The van der Waals surface area contributed by atoms with E-state index in [0.29, 0.717) is 6.04 Å². The van der Waals surface area contributed by atoms with Crippen LogP contribution in [-0.2, 0) is 0 Å². The van der Waals surface area contributed by atoms with E-state index in [1.165, 1.54) is 53.6 Å². The molecule has 0 radical (unpaired) electrons. The van der Waals surface area contributed by atoms with Crippen LogP contribution in [0.25, 0.3) is 0 Å². The van der Waals surface area contributed by atoms with E-state index in [4.69, 9.17) is 0 Å². The molecular weight excluding hydrogens is 288 g/mol. The summed E-state index contributed by atoms with van der Waals surface area (Å²) in [7, 11) is 0. The number of aryl methyl sites for hydroxylation is 2. The van der Waals surface area contributed by atoms with Crippen molar-refractivity contribution < 1.29 is 0 Å². The summed E-state index contributed by atoms with van der Waals surface area (Å²) >= 11 is 3.56. The molecule has 1 atom stereocenters. The molecule has 98 valence electrons. The van der Waals surface area contributed by atoms with Crippen LogP contribution in [0.3, 0.4) is 0 Å². The van der Waals surface area contributed by atoms with Gasteiger partial charge in [0.25, 0.3) is 0 Å². The van der Waals surface area contributed by atoms with Crippen LogP contribution in [0.5, 0.6) is 0 Å². The molecule has 0 amide bonds. The van der Waals surface area contributed by atoms with Gasteiger partial charge in [0.15, 0.2) is 0 Å². The first-order valence-electron chi connectivity index (χ1n) is 6.91. The quantitative estimate of drug-likeness (QED) is 0.915. The number of nitrogens with zero attached hydrogens (tertiary/aromatic N) is 1. The average molecular weight is 309 g/mol. The molecule has 18 heavy (non-hydrogen) atoms. The number of halogens is 1. The Hall–Kier alpha value is -0.540. The molecule has 1 aliphatic carbocycles. The lowest BCUT2D eigenvalue weighted by Gasteiger charge is -2.20. The third-order valence-electron chi connectivity index (χ3n) is 4.13. The number of rotatable bonds is 3. The zero-order valence-corrected chi connectivity index (χ0v) is 12.8. The topological polar surface area (TPSA) is 15.3 Å². The first-order valence-corrected chi connectivity index (χ1v) is 7.70. The van der Waals surface area contributed by atoms with Gasteiger partial charge in [0.1, 0.15) is 0 Å². The molecule has 1 aromatic rings. The Kier molecular flexibility index (Phi) is 3.37. The van der Waals surface area contributed by atoms with Crippen LogP contribution in [0, 0.1) is 13.8 Å². The molecule has 1 unspecified atom stereocenters. The molecule has 0 spiro atoms. The third kappa shape index (κ3) is 2.57. The molecular formula is C15H21BrN2. The Morgan fingerprint density at radius 2 is 1.83 bits per heavy atom. The zero-order chi connectivity index (χ0) is 12.7. The minimum absolute atomic E-state index is 0.629. The van der Waals surface area contributed by atoms with Crippen LogP contribution in [-0.4, -0.2) is 30.1 Å². The molecule has 1 N–H and O–H groups in total. The fourth-order valence-corrected chi connectivity index (χ4v) is 3.71. The zero-order valence-electron chi connectivity index (χ0n) is 11.2. The SMILES string of the molecule is Cc1cc(Br)cc(C)c1NC1CCN(C2CC2)C1. The van der Waals surface area contributed by atoms with Gasteiger partial charge in [0, 0.05) is 35.3 Å². The molecule has 1 aromatic carbocycles. The predicted octanol–water partition coefficient (Wildman–Crippen LogP) is 3.71. The van der Waals surface area contributed by atoms with Gasteiger partial charge in [-0.25, -0.2) is 0 Å². The molecule has 0 aromatic heterocycles. The number of hydrogen-bond acceptors (Lipinski definition) is 2. The Labute approximate surface area is 118 Å². The van der Waals surface area contributed by atoms with Gasteiger partial charge >= 0.3 is 0 Å². The second-order valence-electron chi connectivity index (χ2n) is 5.77. The summed E-state index contributed by atoms with van der Waals surface area (Å²) < 4.78 is 1.18. The van der Waals surface area contributed by atoms with Crippen LogP contribution in [0.15, 0.2) is 16.6 Å². The van der Waals surface area contributed by atoms with Crippen molar-refractivity contribution in [1.29, 1.82) is 0 Å². The van der Waals surface area contributed by atoms with Crippen molar-refractivity contribution in [3.05, 3.63) is 27.7 Å². The normalized spacial score (nSPS) is 24.5. The molecule has 2 aliphatic rings. The maximum atomic E-state index is 3.75. The minimum atomic E-state index is 0.629. The van der Waals surface area contributed by atoms with Gasteiger partial charge in [0.05, 0.1) is 0 Å². The van der Waals surface area contributed by atoms with E-state index in [9.17, 15) is 0 Å². The molecule has 1 saturated heterocycles. The van der Waals surface area contributed by atoms with Gasteiger partial charge in [-0.15, -0.1) is 0 Å². The second kappa shape index (κ2) is 4.86. The number of hydrogen-bond donors (Lipinski definition) is 1. The molecule has 2 fully saturated rings. The highest BCUT2D eigenvalue weighted by Gasteiger charge is 2.34. The lowest BCUT2D eigenvalue weighted by atomic mass is 10.1. The number of benzene rings is 1. The second-order valence-corrected chi connectivity index (χ2v) is 6.69. The molecule has 3 rings (SSSR count). The fraction of sp³-hybridized carbons (Fsp3) is 0.600.